The standard InChI is InChI=1S/C37H35N3O5/c1-3-20-39-31-19-18-28(40-32-16-9-14-27-13-8-15-29(34(27)32)35(40)43)23-30(31)37(45,36(39)44)25(2)10-7-17-33(42)38(21-22-41)24-26-11-5-4-6-12-26/h3-16,18-19,23,25,41,45H,1,17,20-22,24H2,2H3/b10-7+/t25-,37+/m1/s1. The minimum Gasteiger partial charge on any atom is -0.395 e. The van der Waals surface area contributed by atoms with Crippen molar-refractivity contribution in [3.05, 3.63) is 126 Å². The SMILES string of the molecule is C=CCN1C(=O)[C@](O)([C@H](C)/C=C/CC(=O)N(CCO)Cc2ccccc2)c2cc(N3C(=O)c4cccc5cccc3c45)ccc21. The van der Waals surface area contributed by atoms with Gasteiger partial charge in [-0.05, 0) is 41.3 Å². The second kappa shape index (κ2) is 12.1. The molecule has 2 heterocycles. The molecule has 2 aliphatic rings. The Kier molecular flexibility index (Phi) is 8.10. The molecule has 0 aromatic heterocycles. The lowest BCUT2D eigenvalue weighted by molar-refractivity contribution is -0.139. The van der Waals surface area contributed by atoms with E-state index in [9.17, 15) is 24.6 Å². The third-order valence-electron chi connectivity index (χ3n) is 8.69. The average Bonchev–Trinajstić information content (AvgIpc) is 3.46. The molecule has 0 saturated heterocycles. The maximum absolute atomic E-state index is 13.8. The van der Waals surface area contributed by atoms with Gasteiger partial charge in [-0.3, -0.25) is 19.3 Å². The highest BCUT2D eigenvalue weighted by Crippen LogP contribution is 2.49. The number of carbonyl (C=O) groups excluding carboxylic acids is 3. The molecule has 0 fully saturated rings. The fourth-order valence-corrected chi connectivity index (χ4v) is 6.41. The van der Waals surface area contributed by atoms with Gasteiger partial charge in [-0.25, -0.2) is 0 Å². The number of benzene rings is 4. The largest absolute Gasteiger partial charge is 0.395 e. The second-order valence-electron chi connectivity index (χ2n) is 11.4. The van der Waals surface area contributed by atoms with Gasteiger partial charge in [0, 0.05) is 48.6 Å². The number of anilines is 3. The molecule has 3 amide bonds. The maximum atomic E-state index is 13.8. The first-order valence-corrected chi connectivity index (χ1v) is 15.0. The molecule has 8 heteroatoms. The first-order chi connectivity index (χ1) is 21.8. The minimum atomic E-state index is -1.94. The van der Waals surface area contributed by atoms with Crippen molar-refractivity contribution in [2.75, 3.05) is 29.5 Å². The molecule has 0 bridgehead atoms. The predicted octanol–water partition coefficient (Wildman–Crippen LogP) is 5.46. The topological polar surface area (TPSA) is 101 Å². The number of amides is 3. The number of nitrogens with zero attached hydrogens (tertiary/aromatic N) is 3. The summed E-state index contributed by atoms with van der Waals surface area (Å²) in [5.41, 5.74) is 1.84. The zero-order chi connectivity index (χ0) is 31.7. The Morgan fingerprint density at radius 1 is 1.00 bits per heavy atom. The van der Waals surface area contributed by atoms with Crippen LogP contribution < -0.4 is 9.80 Å². The summed E-state index contributed by atoms with van der Waals surface area (Å²) in [6.45, 7) is 6.12. The third kappa shape index (κ3) is 5.12. The van der Waals surface area contributed by atoms with E-state index in [4.69, 9.17) is 0 Å². The van der Waals surface area contributed by atoms with Crippen molar-refractivity contribution in [1.82, 2.24) is 4.90 Å². The van der Waals surface area contributed by atoms with Crippen LogP contribution in [0.1, 0.15) is 34.8 Å². The molecular formula is C37H35N3O5. The molecule has 45 heavy (non-hydrogen) atoms. The van der Waals surface area contributed by atoms with Crippen LogP contribution in [0, 0.1) is 5.92 Å². The summed E-state index contributed by atoms with van der Waals surface area (Å²) < 4.78 is 0. The summed E-state index contributed by atoms with van der Waals surface area (Å²) in [6, 6.07) is 26.2. The van der Waals surface area contributed by atoms with Gasteiger partial charge in [0.2, 0.25) is 5.91 Å². The molecule has 0 aliphatic carbocycles. The summed E-state index contributed by atoms with van der Waals surface area (Å²) in [7, 11) is 0. The van der Waals surface area contributed by atoms with Crippen LogP contribution in [-0.4, -0.2) is 52.5 Å². The zero-order valence-corrected chi connectivity index (χ0v) is 25.1. The van der Waals surface area contributed by atoms with Gasteiger partial charge in [-0.1, -0.05) is 79.7 Å². The van der Waals surface area contributed by atoms with Crippen molar-refractivity contribution in [2.24, 2.45) is 5.92 Å². The van der Waals surface area contributed by atoms with E-state index in [2.05, 4.69) is 6.58 Å². The highest BCUT2D eigenvalue weighted by atomic mass is 16.3. The molecule has 8 nitrogen and oxygen atoms in total. The Balaban J connectivity index is 1.29. The van der Waals surface area contributed by atoms with Gasteiger partial charge in [-0.2, -0.15) is 0 Å². The Morgan fingerprint density at radius 3 is 2.49 bits per heavy atom. The Morgan fingerprint density at radius 2 is 1.76 bits per heavy atom. The average molecular weight is 602 g/mol. The number of aliphatic hydroxyl groups is 2. The molecule has 0 radical (unpaired) electrons. The van der Waals surface area contributed by atoms with E-state index in [0.717, 1.165) is 22.0 Å². The first kappa shape index (κ1) is 30.0. The van der Waals surface area contributed by atoms with Gasteiger partial charge in [0.15, 0.2) is 5.60 Å². The fraction of sp³-hybridized carbons (Fsp3) is 0.216. The second-order valence-corrected chi connectivity index (χ2v) is 11.4. The van der Waals surface area contributed by atoms with Crippen LogP contribution in [0.3, 0.4) is 0 Å². The quantitative estimate of drug-likeness (QED) is 0.223. The third-order valence-corrected chi connectivity index (χ3v) is 8.69. The van der Waals surface area contributed by atoms with Crippen molar-refractivity contribution in [2.45, 2.75) is 25.5 Å². The van der Waals surface area contributed by atoms with Gasteiger partial charge in [-0.15, -0.1) is 6.58 Å². The van der Waals surface area contributed by atoms with Crippen molar-refractivity contribution in [3.63, 3.8) is 0 Å². The number of fused-ring (bicyclic) bond motifs is 1. The van der Waals surface area contributed by atoms with E-state index in [1.54, 1.807) is 53.2 Å². The Labute approximate surface area is 262 Å². The number of rotatable bonds is 11. The molecular weight excluding hydrogens is 566 g/mol. The molecule has 6 rings (SSSR count). The predicted molar refractivity (Wildman–Crippen MR) is 175 cm³/mol. The molecule has 0 saturated carbocycles. The van der Waals surface area contributed by atoms with Crippen LogP contribution in [0.2, 0.25) is 0 Å². The lowest BCUT2D eigenvalue weighted by Gasteiger charge is -2.28. The number of aliphatic hydroxyl groups excluding tert-OH is 1. The van der Waals surface area contributed by atoms with Gasteiger partial charge >= 0.3 is 0 Å². The Hall–Kier alpha value is -5.05. The summed E-state index contributed by atoms with van der Waals surface area (Å²) >= 11 is 0. The first-order valence-electron chi connectivity index (χ1n) is 15.0. The van der Waals surface area contributed by atoms with Crippen molar-refractivity contribution in [3.8, 4) is 0 Å². The van der Waals surface area contributed by atoms with Crippen LogP contribution in [0.4, 0.5) is 17.1 Å². The van der Waals surface area contributed by atoms with E-state index in [1.807, 2.05) is 66.7 Å². The van der Waals surface area contributed by atoms with E-state index >= 15 is 0 Å². The lowest BCUT2D eigenvalue weighted by atomic mass is 9.82. The minimum absolute atomic E-state index is 0.0370. The van der Waals surface area contributed by atoms with Crippen LogP contribution in [0.25, 0.3) is 10.8 Å². The summed E-state index contributed by atoms with van der Waals surface area (Å²) in [6.07, 6.45) is 4.98. The highest BCUT2D eigenvalue weighted by Gasteiger charge is 2.52. The van der Waals surface area contributed by atoms with E-state index < -0.39 is 17.4 Å². The molecule has 2 N–H and O–H groups in total. The fourth-order valence-electron chi connectivity index (χ4n) is 6.41. The van der Waals surface area contributed by atoms with Gasteiger partial charge in [0.25, 0.3) is 11.8 Å². The van der Waals surface area contributed by atoms with Gasteiger partial charge < -0.3 is 20.0 Å². The van der Waals surface area contributed by atoms with Gasteiger partial charge in [0.05, 0.1) is 23.5 Å². The monoisotopic (exact) mass is 601 g/mol. The van der Waals surface area contributed by atoms with E-state index in [0.29, 0.717) is 29.0 Å². The molecule has 228 valence electrons. The van der Waals surface area contributed by atoms with Crippen LogP contribution in [-0.2, 0) is 21.7 Å². The molecule has 4 aromatic carbocycles. The molecule has 4 aromatic rings. The summed E-state index contributed by atoms with van der Waals surface area (Å²) in [4.78, 5) is 45.3. The molecule has 2 aliphatic heterocycles. The summed E-state index contributed by atoms with van der Waals surface area (Å²) in [5, 5.41) is 23.5. The molecule has 0 unspecified atom stereocenters. The lowest BCUT2D eigenvalue weighted by Crippen LogP contribution is -2.44. The van der Waals surface area contributed by atoms with E-state index in [-0.39, 0.29) is 37.9 Å². The Bertz CT molecular complexity index is 1830. The van der Waals surface area contributed by atoms with Crippen LogP contribution >= 0.6 is 0 Å². The number of hydrogen-bond donors (Lipinski definition) is 2. The molecule has 2 atom stereocenters. The van der Waals surface area contributed by atoms with Crippen LogP contribution in [0.15, 0.2) is 110 Å². The molecule has 0 spiro atoms. The van der Waals surface area contributed by atoms with Crippen LogP contribution in [0.5, 0.6) is 0 Å². The number of carbonyl (C=O) groups is 3. The smallest absolute Gasteiger partial charge is 0.264 e. The summed E-state index contributed by atoms with van der Waals surface area (Å²) in [5.74, 6) is -1.57. The number of hydrogen-bond acceptors (Lipinski definition) is 5. The van der Waals surface area contributed by atoms with E-state index in [1.165, 1.54) is 4.90 Å². The van der Waals surface area contributed by atoms with Gasteiger partial charge in [0.1, 0.15) is 0 Å². The highest BCUT2D eigenvalue weighted by molar-refractivity contribution is 6.28. The van der Waals surface area contributed by atoms with Crippen molar-refractivity contribution >= 4 is 45.6 Å². The van der Waals surface area contributed by atoms with Crippen molar-refractivity contribution in [1.29, 1.82) is 0 Å². The normalized spacial score (nSPS) is 17.8. The zero-order valence-electron chi connectivity index (χ0n) is 25.1. The maximum Gasteiger partial charge on any atom is 0.264 e. The van der Waals surface area contributed by atoms with Crippen molar-refractivity contribution < 1.29 is 24.6 Å².